The van der Waals surface area contributed by atoms with Crippen molar-refractivity contribution in [2.75, 3.05) is 23.1 Å². The Morgan fingerprint density at radius 3 is 2.17 bits per heavy atom. The van der Waals surface area contributed by atoms with Gasteiger partial charge in [-0.2, -0.15) is 0 Å². The van der Waals surface area contributed by atoms with Crippen LogP contribution in [0, 0.1) is 5.92 Å². The number of anilines is 2. The molecule has 1 aliphatic rings. The van der Waals surface area contributed by atoms with Gasteiger partial charge in [0.25, 0.3) is 10.0 Å². The lowest BCUT2D eigenvalue weighted by Crippen LogP contribution is -2.41. The van der Waals surface area contributed by atoms with Gasteiger partial charge >= 0.3 is 0 Å². The molecule has 4 rings (SSSR count). The molecule has 0 radical (unpaired) electrons. The fraction of sp³-hybridized carbons (Fsp3) is 0.261. The van der Waals surface area contributed by atoms with Crippen LogP contribution < -0.4 is 10.0 Å². The fourth-order valence-electron chi connectivity index (χ4n) is 3.77. The van der Waals surface area contributed by atoms with E-state index in [2.05, 4.69) is 35.9 Å². The van der Waals surface area contributed by atoms with Gasteiger partial charge in [0.1, 0.15) is 0 Å². The van der Waals surface area contributed by atoms with Crippen LogP contribution in [0.4, 0.5) is 11.6 Å². The molecule has 1 aromatic heterocycles. The second-order valence-electron chi connectivity index (χ2n) is 8.25. The normalized spacial score (nSPS) is 15.4. The summed E-state index contributed by atoms with van der Waals surface area (Å²) in [6, 6.07) is 14.5. The number of nitrogens with one attached hydrogen (secondary N) is 2. The van der Waals surface area contributed by atoms with Gasteiger partial charge < -0.3 is 5.32 Å². The Balaban J connectivity index is 1.31. The van der Waals surface area contributed by atoms with E-state index in [1.54, 1.807) is 30.3 Å². The van der Waals surface area contributed by atoms with E-state index in [1.165, 1.54) is 41.0 Å². The standard InChI is InChI=1S/C23H24BrN5O5S2/c24-19-4-2-17(3-5-19)16-35(31,32)29-14-10-18(11-15-29)22(30)27-20-6-8-21(9-7-20)36(33,34)28-23-25-12-1-13-26-23/h1-9,12-13,18H,10-11,14-16H2,(H,27,30)(H,25,26,28). The lowest BCUT2D eigenvalue weighted by atomic mass is 9.97. The molecule has 2 aromatic carbocycles. The van der Waals surface area contributed by atoms with Crippen LogP contribution in [0.3, 0.4) is 0 Å². The van der Waals surface area contributed by atoms with E-state index in [1.807, 2.05) is 0 Å². The molecule has 0 atom stereocenters. The van der Waals surface area contributed by atoms with E-state index in [9.17, 15) is 21.6 Å². The zero-order valence-electron chi connectivity index (χ0n) is 19.0. The molecular formula is C23H24BrN5O5S2. The first-order valence-electron chi connectivity index (χ1n) is 11.1. The number of carbonyl (C=O) groups excluding carboxylic acids is 1. The number of sulfonamides is 2. The van der Waals surface area contributed by atoms with E-state index in [-0.39, 0.29) is 41.5 Å². The molecule has 2 heterocycles. The monoisotopic (exact) mass is 593 g/mol. The molecule has 0 spiro atoms. The van der Waals surface area contributed by atoms with Crippen LogP contribution in [0.25, 0.3) is 0 Å². The van der Waals surface area contributed by atoms with Crippen LogP contribution in [0.5, 0.6) is 0 Å². The number of piperidine rings is 1. The average molecular weight is 595 g/mol. The highest BCUT2D eigenvalue weighted by molar-refractivity contribution is 9.10. The Kier molecular flexibility index (Phi) is 8.03. The van der Waals surface area contributed by atoms with Crippen molar-refractivity contribution in [1.29, 1.82) is 0 Å². The van der Waals surface area contributed by atoms with Crippen molar-refractivity contribution in [3.05, 3.63) is 77.0 Å². The number of nitrogens with zero attached hydrogens (tertiary/aromatic N) is 3. The molecular weight excluding hydrogens is 570 g/mol. The minimum atomic E-state index is -3.88. The van der Waals surface area contributed by atoms with Crippen molar-refractivity contribution in [2.45, 2.75) is 23.5 Å². The molecule has 190 valence electrons. The van der Waals surface area contributed by atoms with Crippen molar-refractivity contribution in [3.8, 4) is 0 Å². The maximum atomic E-state index is 12.8. The molecule has 13 heteroatoms. The molecule has 10 nitrogen and oxygen atoms in total. The summed E-state index contributed by atoms with van der Waals surface area (Å²) in [5.74, 6) is -0.701. The highest BCUT2D eigenvalue weighted by atomic mass is 79.9. The Bertz CT molecular complexity index is 1410. The van der Waals surface area contributed by atoms with Crippen LogP contribution in [0.1, 0.15) is 18.4 Å². The highest BCUT2D eigenvalue weighted by Gasteiger charge is 2.31. The summed E-state index contributed by atoms with van der Waals surface area (Å²) >= 11 is 3.34. The molecule has 1 saturated heterocycles. The quantitative estimate of drug-likeness (QED) is 0.409. The summed E-state index contributed by atoms with van der Waals surface area (Å²) in [4.78, 5) is 20.4. The number of hydrogen-bond acceptors (Lipinski definition) is 7. The lowest BCUT2D eigenvalue weighted by molar-refractivity contribution is -0.120. The Morgan fingerprint density at radius 1 is 0.944 bits per heavy atom. The third-order valence-electron chi connectivity index (χ3n) is 5.70. The summed E-state index contributed by atoms with van der Waals surface area (Å²) in [5, 5.41) is 2.79. The number of carbonyl (C=O) groups is 1. The minimum Gasteiger partial charge on any atom is -0.326 e. The highest BCUT2D eigenvalue weighted by Crippen LogP contribution is 2.24. The smallest absolute Gasteiger partial charge is 0.264 e. The lowest BCUT2D eigenvalue weighted by Gasteiger charge is -2.30. The maximum Gasteiger partial charge on any atom is 0.264 e. The van der Waals surface area contributed by atoms with Gasteiger partial charge in [-0.25, -0.2) is 35.8 Å². The van der Waals surface area contributed by atoms with Crippen molar-refractivity contribution >= 4 is 53.5 Å². The number of halogens is 1. The van der Waals surface area contributed by atoms with Crippen LogP contribution in [-0.4, -0.2) is 50.1 Å². The predicted molar refractivity (Wildman–Crippen MR) is 139 cm³/mol. The molecule has 0 bridgehead atoms. The molecule has 1 fully saturated rings. The second kappa shape index (κ2) is 11.0. The number of benzene rings is 2. The topological polar surface area (TPSA) is 138 Å². The van der Waals surface area contributed by atoms with Crippen LogP contribution in [-0.2, 0) is 30.6 Å². The third-order valence-corrected chi connectivity index (χ3v) is 9.43. The van der Waals surface area contributed by atoms with Gasteiger partial charge in [-0.05, 0) is 60.9 Å². The van der Waals surface area contributed by atoms with Crippen LogP contribution >= 0.6 is 15.9 Å². The number of amides is 1. The van der Waals surface area contributed by atoms with Crippen molar-refractivity contribution in [2.24, 2.45) is 5.92 Å². The molecule has 1 amide bonds. The van der Waals surface area contributed by atoms with Crippen molar-refractivity contribution in [3.63, 3.8) is 0 Å². The number of hydrogen-bond donors (Lipinski definition) is 2. The molecule has 36 heavy (non-hydrogen) atoms. The SMILES string of the molecule is O=C(Nc1ccc(S(=O)(=O)Nc2ncccn2)cc1)C1CCN(S(=O)(=O)Cc2ccc(Br)cc2)CC1. The van der Waals surface area contributed by atoms with Gasteiger partial charge in [-0.15, -0.1) is 0 Å². The molecule has 3 aromatic rings. The van der Waals surface area contributed by atoms with Gasteiger partial charge in [-0.1, -0.05) is 28.1 Å². The molecule has 1 aliphatic heterocycles. The Morgan fingerprint density at radius 2 is 1.56 bits per heavy atom. The van der Waals surface area contributed by atoms with E-state index >= 15 is 0 Å². The van der Waals surface area contributed by atoms with Gasteiger partial charge in [0, 0.05) is 41.6 Å². The Hall–Kier alpha value is -2.87. The van der Waals surface area contributed by atoms with Crippen LogP contribution in [0.2, 0.25) is 0 Å². The van der Waals surface area contributed by atoms with E-state index in [0.717, 1.165) is 4.47 Å². The summed E-state index contributed by atoms with van der Waals surface area (Å²) in [5.41, 5.74) is 1.15. The first-order chi connectivity index (χ1) is 17.1. The predicted octanol–water partition coefficient (Wildman–Crippen LogP) is 3.22. The van der Waals surface area contributed by atoms with E-state index in [4.69, 9.17) is 0 Å². The molecule has 0 saturated carbocycles. The van der Waals surface area contributed by atoms with Gasteiger partial charge in [0.15, 0.2) is 0 Å². The zero-order chi connectivity index (χ0) is 25.8. The Labute approximate surface area is 218 Å². The summed E-state index contributed by atoms with van der Waals surface area (Å²) in [6.07, 6.45) is 3.65. The van der Waals surface area contributed by atoms with Gasteiger partial charge in [-0.3, -0.25) is 4.79 Å². The number of aromatic nitrogens is 2. The summed E-state index contributed by atoms with van der Waals surface area (Å²) in [7, 11) is -7.36. The third kappa shape index (κ3) is 6.66. The fourth-order valence-corrected chi connectivity index (χ4v) is 6.56. The van der Waals surface area contributed by atoms with E-state index in [0.29, 0.717) is 24.1 Å². The maximum absolute atomic E-state index is 12.8. The molecule has 0 unspecified atom stereocenters. The van der Waals surface area contributed by atoms with E-state index < -0.39 is 20.0 Å². The molecule has 2 N–H and O–H groups in total. The largest absolute Gasteiger partial charge is 0.326 e. The van der Waals surface area contributed by atoms with Crippen molar-refractivity contribution < 1.29 is 21.6 Å². The summed E-state index contributed by atoms with van der Waals surface area (Å²) < 4.78 is 55.2. The molecule has 0 aliphatic carbocycles. The second-order valence-corrected chi connectivity index (χ2v) is 12.8. The zero-order valence-corrected chi connectivity index (χ0v) is 22.3. The van der Waals surface area contributed by atoms with Gasteiger partial charge in [0.2, 0.25) is 21.9 Å². The first kappa shape index (κ1) is 26.2. The number of rotatable bonds is 8. The minimum absolute atomic E-state index is 0.00255. The van der Waals surface area contributed by atoms with Gasteiger partial charge in [0.05, 0.1) is 10.6 Å². The summed E-state index contributed by atoms with van der Waals surface area (Å²) in [6.45, 7) is 0.530. The first-order valence-corrected chi connectivity index (χ1v) is 14.9. The average Bonchev–Trinajstić information content (AvgIpc) is 2.86. The van der Waals surface area contributed by atoms with Crippen LogP contribution in [0.15, 0.2) is 76.4 Å². The van der Waals surface area contributed by atoms with Crippen molar-refractivity contribution in [1.82, 2.24) is 14.3 Å².